The summed E-state index contributed by atoms with van der Waals surface area (Å²) in [6, 6.07) is 8.71. The van der Waals surface area contributed by atoms with Gasteiger partial charge in [0.15, 0.2) is 9.84 Å². The summed E-state index contributed by atoms with van der Waals surface area (Å²) in [5.74, 6) is 1.26. The molecule has 1 aromatic carbocycles. The molecule has 5 heteroatoms. The summed E-state index contributed by atoms with van der Waals surface area (Å²) in [5, 5.41) is 0. The number of rotatable bonds is 5. The lowest BCUT2D eigenvalue weighted by Gasteiger charge is -2.33. The number of hydrogen-bond donors (Lipinski definition) is 1. The molecule has 2 N–H and O–H groups in total. The normalized spacial score (nSPS) is 26.1. The minimum atomic E-state index is -2.86. The van der Waals surface area contributed by atoms with Crippen molar-refractivity contribution in [2.45, 2.75) is 37.3 Å². The first kappa shape index (κ1) is 15.0. The van der Waals surface area contributed by atoms with Crippen LogP contribution in [0.2, 0.25) is 0 Å². The minimum Gasteiger partial charge on any atom is -0.329 e. The molecule has 1 aromatic rings. The van der Waals surface area contributed by atoms with Crippen LogP contribution >= 0.6 is 0 Å². The van der Waals surface area contributed by atoms with Gasteiger partial charge in [-0.15, -0.1) is 0 Å². The SMILES string of the molecule is CN(C1CCS(=O)(=O)C1)C(CN)c1ccccc1C1CC1. The highest BCUT2D eigenvalue weighted by atomic mass is 32.2. The second kappa shape index (κ2) is 5.71. The third-order valence-corrected chi connectivity index (χ3v) is 6.62. The van der Waals surface area contributed by atoms with E-state index < -0.39 is 9.84 Å². The number of sulfone groups is 1. The Labute approximate surface area is 127 Å². The molecule has 2 unspecified atom stereocenters. The summed E-state index contributed by atoms with van der Waals surface area (Å²) >= 11 is 0. The fourth-order valence-electron chi connectivity index (χ4n) is 3.44. The average Bonchev–Trinajstić information content (AvgIpc) is 3.24. The van der Waals surface area contributed by atoms with E-state index in [-0.39, 0.29) is 17.8 Å². The second-order valence-electron chi connectivity index (χ2n) is 6.38. The number of nitrogens with zero attached hydrogens (tertiary/aromatic N) is 1. The van der Waals surface area contributed by atoms with Crippen LogP contribution in [-0.2, 0) is 9.84 Å². The third kappa shape index (κ3) is 3.15. The molecule has 0 amide bonds. The van der Waals surface area contributed by atoms with Gasteiger partial charge in [0.1, 0.15) is 0 Å². The molecule has 1 aliphatic heterocycles. The van der Waals surface area contributed by atoms with Gasteiger partial charge in [0.05, 0.1) is 11.5 Å². The van der Waals surface area contributed by atoms with Crippen molar-refractivity contribution in [3.05, 3.63) is 35.4 Å². The standard InChI is InChI=1S/C16H24N2O2S/c1-18(13-8-9-21(19,20)11-13)16(10-17)15-5-3-2-4-14(15)12-6-7-12/h2-5,12-13,16H,6-11,17H2,1H3. The van der Waals surface area contributed by atoms with Crippen molar-refractivity contribution < 1.29 is 8.42 Å². The van der Waals surface area contributed by atoms with Crippen molar-refractivity contribution in [2.24, 2.45) is 5.73 Å². The van der Waals surface area contributed by atoms with E-state index in [1.165, 1.54) is 24.0 Å². The summed E-state index contributed by atoms with van der Waals surface area (Å²) < 4.78 is 23.4. The highest BCUT2D eigenvalue weighted by molar-refractivity contribution is 7.91. The van der Waals surface area contributed by atoms with Gasteiger partial charge in [0.25, 0.3) is 0 Å². The molecule has 2 fully saturated rings. The van der Waals surface area contributed by atoms with E-state index in [0.29, 0.717) is 18.2 Å². The Balaban J connectivity index is 1.85. The maximum Gasteiger partial charge on any atom is 0.151 e. The molecule has 1 heterocycles. The fourth-order valence-corrected chi connectivity index (χ4v) is 5.23. The lowest BCUT2D eigenvalue weighted by molar-refractivity contribution is 0.191. The smallest absolute Gasteiger partial charge is 0.151 e. The minimum absolute atomic E-state index is 0.0933. The van der Waals surface area contributed by atoms with Gasteiger partial charge in [-0.2, -0.15) is 0 Å². The quantitative estimate of drug-likeness (QED) is 0.899. The van der Waals surface area contributed by atoms with Crippen molar-refractivity contribution in [1.29, 1.82) is 0 Å². The number of nitrogens with two attached hydrogens (primary N) is 1. The lowest BCUT2D eigenvalue weighted by Crippen LogP contribution is -2.39. The van der Waals surface area contributed by atoms with Crippen LogP contribution in [0.3, 0.4) is 0 Å². The zero-order chi connectivity index (χ0) is 15.0. The molecule has 4 nitrogen and oxygen atoms in total. The highest BCUT2D eigenvalue weighted by Gasteiger charge is 2.35. The van der Waals surface area contributed by atoms with E-state index in [1.807, 2.05) is 7.05 Å². The van der Waals surface area contributed by atoms with Crippen molar-refractivity contribution in [3.8, 4) is 0 Å². The predicted octanol–water partition coefficient (Wildman–Crippen LogP) is 1.68. The summed E-state index contributed by atoms with van der Waals surface area (Å²) in [6.45, 7) is 0.525. The fraction of sp³-hybridized carbons (Fsp3) is 0.625. The van der Waals surface area contributed by atoms with Crippen molar-refractivity contribution in [1.82, 2.24) is 4.90 Å². The second-order valence-corrected chi connectivity index (χ2v) is 8.61. The summed E-state index contributed by atoms with van der Waals surface area (Å²) in [4.78, 5) is 2.19. The molecule has 0 spiro atoms. The molecular formula is C16H24N2O2S. The van der Waals surface area contributed by atoms with E-state index >= 15 is 0 Å². The Morgan fingerprint density at radius 2 is 2.00 bits per heavy atom. The van der Waals surface area contributed by atoms with Crippen LogP contribution < -0.4 is 5.73 Å². The molecule has 2 aliphatic rings. The molecular weight excluding hydrogens is 284 g/mol. The van der Waals surface area contributed by atoms with Gasteiger partial charge in [-0.1, -0.05) is 24.3 Å². The number of hydrogen-bond acceptors (Lipinski definition) is 4. The van der Waals surface area contributed by atoms with Crippen molar-refractivity contribution in [2.75, 3.05) is 25.1 Å². The van der Waals surface area contributed by atoms with E-state index in [1.54, 1.807) is 0 Å². The maximum atomic E-state index is 11.7. The van der Waals surface area contributed by atoms with Gasteiger partial charge in [-0.05, 0) is 43.4 Å². The largest absolute Gasteiger partial charge is 0.329 e. The molecule has 1 saturated heterocycles. The highest BCUT2D eigenvalue weighted by Crippen LogP contribution is 2.43. The van der Waals surface area contributed by atoms with Gasteiger partial charge in [-0.3, -0.25) is 4.90 Å². The molecule has 0 bridgehead atoms. The molecule has 21 heavy (non-hydrogen) atoms. The molecule has 0 radical (unpaired) electrons. The Morgan fingerprint density at radius 3 is 2.57 bits per heavy atom. The third-order valence-electron chi connectivity index (χ3n) is 4.87. The maximum absolute atomic E-state index is 11.7. The molecule has 1 saturated carbocycles. The first-order valence-electron chi connectivity index (χ1n) is 7.73. The first-order valence-corrected chi connectivity index (χ1v) is 9.55. The van der Waals surface area contributed by atoms with Gasteiger partial charge in [-0.25, -0.2) is 8.42 Å². The van der Waals surface area contributed by atoms with Crippen molar-refractivity contribution in [3.63, 3.8) is 0 Å². The van der Waals surface area contributed by atoms with E-state index in [0.717, 1.165) is 6.42 Å². The van der Waals surface area contributed by atoms with Crippen molar-refractivity contribution >= 4 is 9.84 Å². The Hall–Kier alpha value is -0.910. The van der Waals surface area contributed by atoms with Crippen LogP contribution in [0, 0.1) is 0 Å². The van der Waals surface area contributed by atoms with Crippen LogP contribution in [-0.4, -0.2) is 44.5 Å². The number of likely N-dealkylation sites (N-methyl/N-ethyl adjacent to an activating group) is 1. The summed E-state index contributed by atoms with van der Waals surface area (Å²) in [6.07, 6.45) is 3.24. The summed E-state index contributed by atoms with van der Waals surface area (Å²) in [7, 11) is -0.840. The van der Waals surface area contributed by atoms with Crippen LogP contribution in [0.15, 0.2) is 24.3 Å². The van der Waals surface area contributed by atoms with Crippen LogP contribution in [0.5, 0.6) is 0 Å². The predicted molar refractivity (Wildman–Crippen MR) is 85.0 cm³/mol. The van der Waals surface area contributed by atoms with E-state index in [2.05, 4.69) is 29.2 Å². The van der Waals surface area contributed by atoms with E-state index in [4.69, 9.17) is 5.73 Å². The Bertz CT molecular complexity index is 610. The van der Waals surface area contributed by atoms with Gasteiger partial charge in [0.2, 0.25) is 0 Å². The first-order chi connectivity index (χ1) is 10.0. The average molecular weight is 308 g/mol. The Kier molecular flexibility index (Phi) is 4.08. The van der Waals surface area contributed by atoms with Gasteiger partial charge >= 0.3 is 0 Å². The number of benzene rings is 1. The molecule has 1 aliphatic carbocycles. The van der Waals surface area contributed by atoms with Crippen LogP contribution in [0.1, 0.15) is 42.3 Å². The molecule has 2 atom stereocenters. The topological polar surface area (TPSA) is 63.4 Å². The lowest BCUT2D eigenvalue weighted by atomic mass is 9.95. The molecule has 3 rings (SSSR count). The molecule has 0 aromatic heterocycles. The van der Waals surface area contributed by atoms with Crippen LogP contribution in [0.4, 0.5) is 0 Å². The van der Waals surface area contributed by atoms with E-state index in [9.17, 15) is 8.42 Å². The monoisotopic (exact) mass is 308 g/mol. The Morgan fingerprint density at radius 1 is 1.29 bits per heavy atom. The van der Waals surface area contributed by atoms with Gasteiger partial charge < -0.3 is 5.73 Å². The van der Waals surface area contributed by atoms with Gasteiger partial charge in [0, 0.05) is 18.6 Å². The molecule has 116 valence electrons. The zero-order valence-corrected chi connectivity index (χ0v) is 13.3. The zero-order valence-electron chi connectivity index (χ0n) is 12.5. The summed E-state index contributed by atoms with van der Waals surface area (Å²) in [5.41, 5.74) is 8.73. The van der Waals surface area contributed by atoms with Crippen LogP contribution in [0.25, 0.3) is 0 Å².